The van der Waals surface area contributed by atoms with Gasteiger partial charge in [-0.3, -0.25) is 4.79 Å². The van der Waals surface area contributed by atoms with Crippen LogP contribution in [0, 0.1) is 0 Å². The fourth-order valence-corrected chi connectivity index (χ4v) is 3.94. The Balaban J connectivity index is 1.60. The molecule has 2 atom stereocenters. The predicted octanol–water partition coefficient (Wildman–Crippen LogP) is 3.93. The highest BCUT2D eigenvalue weighted by Gasteiger charge is 2.31. The van der Waals surface area contributed by atoms with E-state index >= 15 is 0 Å². The van der Waals surface area contributed by atoms with Crippen LogP contribution in [0.2, 0.25) is 0 Å². The van der Waals surface area contributed by atoms with Crippen molar-refractivity contribution in [2.45, 2.75) is 32.4 Å². The van der Waals surface area contributed by atoms with Crippen LogP contribution in [0.5, 0.6) is 11.5 Å². The van der Waals surface area contributed by atoms with Crippen molar-refractivity contribution in [3.8, 4) is 11.5 Å². The first-order valence-electron chi connectivity index (χ1n) is 10.7. The number of benzene rings is 3. The zero-order chi connectivity index (χ0) is 21.8. The summed E-state index contributed by atoms with van der Waals surface area (Å²) in [6.07, 6.45) is 0. The summed E-state index contributed by atoms with van der Waals surface area (Å²) in [5, 5.41) is 3.11. The highest BCUT2D eigenvalue weighted by Crippen LogP contribution is 2.34. The Kier molecular flexibility index (Phi) is 6.23. The second-order valence-corrected chi connectivity index (χ2v) is 8.32. The zero-order valence-electron chi connectivity index (χ0n) is 18.2. The molecule has 5 nitrogen and oxygen atoms in total. The minimum atomic E-state index is -0.403. The third kappa shape index (κ3) is 4.89. The van der Waals surface area contributed by atoms with Crippen LogP contribution in [0.3, 0.4) is 0 Å². The zero-order valence-corrected chi connectivity index (χ0v) is 18.2. The number of fused-ring (bicyclic) bond motifs is 1. The molecule has 0 aliphatic carbocycles. The van der Waals surface area contributed by atoms with E-state index in [1.54, 1.807) is 0 Å². The summed E-state index contributed by atoms with van der Waals surface area (Å²) in [5.41, 5.74) is 4.12. The van der Waals surface area contributed by atoms with Crippen LogP contribution in [0.4, 0.5) is 5.69 Å². The number of carbonyl (C=O) groups excluding carboxylic acids is 1. The van der Waals surface area contributed by atoms with Gasteiger partial charge in [-0.25, -0.2) is 0 Å². The van der Waals surface area contributed by atoms with E-state index in [0.717, 1.165) is 22.7 Å². The minimum Gasteiger partial charge on any atom is -0.454 e. The first kappa shape index (κ1) is 20.9. The van der Waals surface area contributed by atoms with Crippen molar-refractivity contribution in [3.63, 3.8) is 0 Å². The lowest BCUT2D eigenvalue weighted by Crippen LogP contribution is -3.09. The summed E-state index contributed by atoms with van der Waals surface area (Å²) >= 11 is 0. The average Bonchev–Trinajstić information content (AvgIpc) is 3.23. The van der Waals surface area contributed by atoms with Crippen LogP contribution in [-0.2, 0) is 11.3 Å². The van der Waals surface area contributed by atoms with Gasteiger partial charge in [0.25, 0.3) is 5.91 Å². The minimum absolute atomic E-state index is 0.0513. The molecule has 0 saturated carbocycles. The van der Waals surface area contributed by atoms with Crippen LogP contribution < -0.4 is 19.7 Å². The van der Waals surface area contributed by atoms with E-state index in [2.05, 4.69) is 43.4 Å². The molecular formula is C26H29N2O3+. The molecule has 0 spiro atoms. The molecular weight excluding hydrogens is 388 g/mol. The number of nitrogens with one attached hydrogen (secondary N) is 2. The van der Waals surface area contributed by atoms with E-state index in [9.17, 15) is 4.79 Å². The molecule has 2 N–H and O–H groups in total. The molecule has 31 heavy (non-hydrogen) atoms. The quantitative estimate of drug-likeness (QED) is 0.612. The summed E-state index contributed by atoms with van der Waals surface area (Å²) in [5.74, 6) is 1.80. The fourth-order valence-electron chi connectivity index (χ4n) is 3.94. The van der Waals surface area contributed by atoms with E-state index < -0.39 is 6.04 Å². The highest BCUT2D eigenvalue weighted by molar-refractivity contribution is 5.94. The third-order valence-electron chi connectivity index (χ3n) is 5.66. The van der Waals surface area contributed by atoms with Gasteiger partial charge in [0.05, 0.1) is 7.05 Å². The standard InChI is InChI=1S/C26H28N2O3/c1-18(2)20-9-12-22(13-10-20)27-26(29)25(28(3)16-19-7-5-4-6-8-19)21-11-14-23-24(15-21)31-17-30-23/h4-15,18,25H,16-17H2,1-3H3,(H,27,29)/p+1. The van der Waals surface area contributed by atoms with Crippen LogP contribution >= 0.6 is 0 Å². The maximum absolute atomic E-state index is 13.5. The van der Waals surface area contributed by atoms with Crippen molar-refractivity contribution in [1.82, 2.24) is 0 Å². The van der Waals surface area contributed by atoms with Gasteiger partial charge in [-0.05, 0) is 41.8 Å². The van der Waals surface area contributed by atoms with Gasteiger partial charge in [0, 0.05) is 16.8 Å². The van der Waals surface area contributed by atoms with Crippen LogP contribution in [0.1, 0.15) is 42.5 Å². The van der Waals surface area contributed by atoms with Crippen molar-refractivity contribution in [1.29, 1.82) is 0 Å². The Morgan fingerprint density at radius 1 is 0.935 bits per heavy atom. The average molecular weight is 418 g/mol. The number of hydrogen-bond donors (Lipinski definition) is 2. The SMILES string of the molecule is CC(C)c1ccc(NC(=O)C(c2ccc3c(c2)OCO3)[NH+](C)Cc2ccccc2)cc1. The number of carbonyl (C=O) groups is 1. The van der Waals surface area contributed by atoms with Gasteiger partial charge >= 0.3 is 0 Å². The molecule has 0 radical (unpaired) electrons. The van der Waals surface area contributed by atoms with Gasteiger partial charge in [-0.2, -0.15) is 0 Å². The van der Waals surface area contributed by atoms with Gasteiger partial charge in [-0.1, -0.05) is 56.3 Å². The van der Waals surface area contributed by atoms with Gasteiger partial charge in [0.1, 0.15) is 6.54 Å². The Morgan fingerprint density at radius 3 is 2.32 bits per heavy atom. The van der Waals surface area contributed by atoms with E-state index in [-0.39, 0.29) is 12.7 Å². The fraction of sp³-hybridized carbons (Fsp3) is 0.269. The van der Waals surface area contributed by atoms with E-state index in [1.807, 2.05) is 55.6 Å². The number of ether oxygens (including phenoxy) is 2. The summed E-state index contributed by atoms with van der Waals surface area (Å²) in [7, 11) is 2.05. The van der Waals surface area contributed by atoms with Crippen LogP contribution in [0.15, 0.2) is 72.8 Å². The molecule has 1 amide bonds. The molecule has 0 fully saturated rings. The molecule has 0 aromatic heterocycles. The monoisotopic (exact) mass is 417 g/mol. The number of anilines is 1. The molecule has 4 rings (SSSR count). The highest BCUT2D eigenvalue weighted by atomic mass is 16.7. The summed E-state index contributed by atoms with van der Waals surface area (Å²) < 4.78 is 11.0. The van der Waals surface area contributed by atoms with Crippen LogP contribution in [0.25, 0.3) is 0 Å². The smallest absolute Gasteiger partial charge is 0.287 e. The second kappa shape index (κ2) is 9.23. The topological polar surface area (TPSA) is 52.0 Å². The molecule has 2 unspecified atom stereocenters. The molecule has 1 aliphatic rings. The molecule has 0 saturated heterocycles. The summed E-state index contributed by atoms with van der Waals surface area (Å²) in [6, 6.07) is 23.6. The van der Waals surface area contributed by atoms with Gasteiger partial charge in [-0.15, -0.1) is 0 Å². The Bertz CT molecular complexity index is 1030. The summed E-state index contributed by atoms with van der Waals surface area (Å²) in [6.45, 7) is 5.25. The molecule has 0 bridgehead atoms. The number of likely N-dealkylation sites (N-methyl/N-ethyl adjacent to an activating group) is 1. The van der Waals surface area contributed by atoms with Gasteiger partial charge < -0.3 is 19.7 Å². The van der Waals surface area contributed by atoms with E-state index in [0.29, 0.717) is 17.4 Å². The van der Waals surface area contributed by atoms with Crippen molar-refractivity contribution in [2.75, 3.05) is 19.2 Å². The number of quaternary nitrogens is 1. The van der Waals surface area contributed by atoms with Crippen molar-refractivity contribution >= 4 is 11.6 Å². The van der Waals surface area contributed by atoms with Crippen molar-refractivity contribution in [3.05, 3.63) is 89.5 Å². The first-order chi connectivity index (χ1) is 15.0. The maximum atomic E-state index is 13.5. The molecule has 1 aliphatic heterocycles. The molecule has 1 heterocycles. The largest absolute Gasteiger partial charge is 0.454 e. The number of rotatable bonds is 7. The maximum Gasteiger partial charge on any atom is 0.287 e. The van der Waals surface area contributed by atoms with E-state index in [1.165, 1.54) is 11.1 Å². The van der Waals surface area contributed by atoms with Gasteiger partial charge in [0.2, 0.25) is 6.79 Å². The van der Waals surface area contributed by atoms with Crippen molar-refractivity contribution in [2.24, 2.45) is 0 Å². The Morgan fingerprint density at radius 2 is 1.61 bits per heavy atom. The molecule has 160 valence electrons. The molecule has 3 aromatic rings. The number of hydrogen-bond acceptors (Lipinski definition) is 3. The third-order valence-corrected chi connectivity index (χ3v) is 5.66. The summed E-state index contributed by atoms with van der Waals surface area (Å²) in [4.78, 5) is 14.5. The predicted molar refractivity (Wildman–Crippen MR) is 121 cm³/mol. The lowest BCUT2D eigenvalue weighted by atomic mass is 10.0. The van der Waals surface area contributed by atoms with Crippen molar-refractivity contribution < 1.29 is 19.2 Å². The first-order valence-corrected chi connectivity index (χ1v) is 10.7. The van der Waals surface area contributed by atoms with Gasteiger partial charge in [0.15, 0.2) is 17.5 Å². The lowest BCUT2D eigenvalue weighted by molar-refractivity contribution is -0.915. The van der Waals surface area contributed by atoms with E-state index in [4.69, 9.17) is 9.47 Å². The Labute approximate surface area is 183 Å². The second-order valence-electron chi connectivity index (χ2n) is 8.32. The van der Waals surface area contributed by atoms with Crippen LogP contribution in [-0.4, -0.2) is 19.7 Å². The molecule has 5 heteroatoms. The normalized spacial score (nSPS) is 14.3. The molecule has 3 aromatic carbocycles. The lowest BCUT2D eigenvalue weighted by Gasteiger charge is -2.25. The Hall–Kier alpha value is -3.31. The number of amides is 1.